The summed E-state index contributed by atoms with van der Waals surface area (Å²) < 4.78 is 5.99. The van der Waals surface area contributed by atoms with Crippen LogP contribution in [-0.4, -0.2) is 5.97 Å². The SMILES string of the molecule is CCCCCCc1cc(CCCCCC)c(OC(=O)CCC)c(CCCCCC)c1. The maximum Gasteiger partial charge on any atom is 0.311 e. The Morgan fingerprint density at radius 2 is 1.10 bits per heavy atom. The highest BCUT2D eigenvalue weighted by molar-refractivity contribution is 5.73. The molecule has 0 aromatic heterocycles. The van der Waals surface area contributed by atoms with Gasteiger partial charge in [0.1, 0.15) is 5.75 Å². The monoisotopic (exact) mass is 416 g/mol. The number of benzene rings is 1. The first-order valence-corrected chi connectivity index (χ1v) is 13.0. The van der Waals surface area contributed by atoms with Crippen molar-refractivity contribution in [2.45, 2.75) is 137 Å². The first kappa shape index (κ1) is 26.7. The van der Waals surface area contributed by atoms with Crippen molar-refractivity contribution in [3.05, 3.63) is 28.8 Å². The van der Waals surface area contributed by atoms with E-state index in [9.17, 15) is 4.79 Å². The van der Waals surface area contributed by atoms with Crippen molar-refractivity contribution in [2.24, 2.45) is 0 Å². The Balaban J connectivity index is 3.07. The lowest BCUT2D eigenvalue weighted by Crippen LogP contribution is -2.11. The van der Waals surface area contributed by atoms with Crippen LogP contribution >= 0.6 is 0 Å². The predicted molar refractivity (Wildman–Crippen MR) is 131 cm³/mol. The largest absolute Gasteiger partial charge is 0.426 e. The lowest BCUT2D eigenvalue weighted by Gasteiger charge is -2.18. The third-order valence-electron chi connectivity index (χ3n) is 5.89. The molecule has 30 heavy (non-hydrogen) atoms. The fourth-order valence-corrected chi connectivity index (χ4v) is 4.08. The zero-order valence-corrected chi connectivity index (χ0v) is 20.5. The number of hydrogen-bond donors (Lipinski definition) is 0. The van der Waals surface area contributed by atoms with Crippen LogP contribution in [0.5, 0.6) is 5.75 Å². The Bertz CT molecular complexity index is 543. The van der Waals surface area contributed by atoms with Gasteiger partial charge in [0.15, 0.2) is 0 Å². The zero-order chi connectivity index (χ0) is 22.0. The minimum absolute atomic E-state index is 0.0715. The number of rotatable bonds is 18. The molecule has 0 bridgehead atoms. The Morgan fingerprint density at radius 1 is 0.633 bits per heavy atom. The van der Waals surface area contributed by atoms with Crippen molar-refractivity contribution in [1.82, 2.24) is 0 Å². The second-order valence-electron chi connectivity index (χ2n) is 8.90. The molecule has 1 aromatic carbocycles. The minimum atomic E-state index is -0.0715. The highest BCUT2D eigenvalue weighted by Crippen LogP contribution is 2.31. The van der Waals surface area contributed by atoms with Crippen LogP contribution in [0.3, 0.4) is 0 Å². The summed E-state index contributed by atoms with van der Waals surface area (Å²) in [5.41, 5.74) is 3.99. The molecule has 2 heteroatoms. The third-order valence-corrected chi connectivity index (χ3v) is 5.89. The molecule has 2 nitrogen and oxygen atoms in total. The molecular weight excluding hydrogens is 368 g/mol. The van der Waals surface area contributed by atoms with Crippen molar-refractivity contribution < 1.29 is 9.53 Å². The number of carbonyl (C=O) groups excluding carboxylic acids is 1. The van der Waals surface area contributed by atoms with Gasteiger partial charge in [0, 0.05) is 6.42 Å². The number of ether oxygens (including phenoxy) is 1. The van der Waals surface area contributed by atoms with E-state index in [2.05, 4.69) is 32.9 Å². The van der Waals surface area contributed by atoms with Crippen molar-refractivity contribution in [3.8, 4) is 5.75 Å². The topological polar surface area (TPSA) is 26.3 Å². The second kappa shape index (κ2) is 17.4. The van der Waals surface area contributed by atoms with E-state index in [1.54, 1.807) is 0 Å². The van der Waals surface area contributed by atoms with E-state index in [0.29, 0.717) is 6.42 Å². The molecule has 0 saturated carbocycles. The lowest BCUT2D eigenvalue weighted by atomic mass is 9.94. The molecule has 0 unspecified atom stereocenters. The highest BCUT2D eigenvalue weighted by atomic mass is 16.5. The van der Waals surface area contributed by atoms with Gasteiger partial charge in [-0.05, 0) is 61.6 Å². The van der Waals surface area contributed by atoms with Crippen LogP contribution in [0.25, 0.3) is 0 Å². The summed E-state index contributed by atoms with van der Waals surface area (Å²) in [6, 6.07) is 4.70. The smallest absolute Gasteiger partial charge is 0.311 e. The van der Waals surface area contributed by atoms with Gasteiger partial charge in [-0.15, -0.1) is 0 Å². The average molecular weight is 417 g/mol. The van der Waals surface area contributed by atoms with E-state index in [1.165, 1.54) is 93.7 Å². The molecule has 0 radical (unpaired) electrons. The number of esters is 1. The van der Waals surface area contributed by atoms with Gasteiger partial charge in [0.2, 0.25) is 0 Å². The van der Waals surface area contributed by atoms with Crippen LogP contribution < -0.4 is 4.74 Å². The normalized spacial score (nSPS) is 11.1. The first-order valence-electron chi connectivity index (χ1n) is 13.0. The summed E-state index contributed by atoms with van der Waals surface area (Å²) in [5, 5.41) is 0. The summed E-state index contributed by atoms with van der Waals surface area (Å²) in [6.45, 7) is 8.81. The van der Waals surface area contributed by atoms with Crippen molar-refractivity contribution >= 4 is 5.97 Å². The van der Waals surface area contributed by atoms with Gasteiger partial charge in [-0.25, -0.2) is 0 Å². The summed E-state index contributed by atoms with van der Waals surface area (Å²) in [6.07, 6.45) is 19.6. The van der Waals surface area contributed by atoms with Crippen molar-refractivity contribution in [1.29, 1.82) is 0 Å². The van der Waals surface area contributed by atoms with Crippen LogP contribution in [0.4, 0.5) is 0 Å². The maximum atomic E-state index is 12.4. The molecule has 0 heterocycles. The number of carbonyl (C=O) groups is 1. The molecule has 0 aliphatic heterocycles. The van der Waals surface area contributed by atoms with Crippen molar-refractivity contribution in [3.63, 3.8) is 0 Å². The summed E-state index contributed by atoms with van der Waals surface area (Å²) in [4.78, 5) is 12.4. The quantitative estimate of drug-likeness (QED) is 0.136. The summed E-state index contributed by atoms with van der Waals surface area (Å²) in [7, 11) is 0. The summed E-state index contributed by atoms with van der Waals surface area (Å²) >= 11 is 0. The molecule has 0 N–H and O–H groups in total. The van der Waals surface area contributed by atoms with Gasteiger partial charge < -0.3 is 4.74 Å². The molecule has 0 aliphatic carbocycles. The first-order chi connectivity index (χ1) is 14.7. The minimum Gasteiger partial charge on any atom is -0.426 e. The Kier molecular flexibility index (Phi) is 15.5. The molecule has 0 aliphatic rings. The fraction of sp³-hybridized carbons (Fsp3) is 0.750. The van der Waals surface area contributed by atoms with Crippen LogP contribution in [0.2, 0.25) is 0 Å². The maximum absolute atomic E-state index is 12.4. The van der Waals surface area contributed by atoms with Gasteiger partial charge in [-0.1, -0.05) is 97.6 Å². The van der Waals surface area contributed by atoms with E-state index in [0.717, 1.165) is 31.4 Å². The molecule has 0 atom stereocenters. The van der Waals surface area contributed by atoms with E-state index in [1.807, 2.05) is 6.92 Å². The van der Waals surface area contributed by atoms with Crippen LogP contribution in [0.15, 0.2) is 12.1 Å². The second-order valence-corrected chi connectivity index (χ2v) is 8.90. The third kappa shape index (κ3) is 11.2. The molecule has 172 valence electrons. The lowest BCUT2D eigenvalue weighted by molar-refractivity contribution is -0.134. The van der Waals surface area contributed by atoms with Gasteiger partial charge >= 0.3 is 5.97 Å². The van der Waals surface area contributed by atoms with Crippen LogP contribution in [-0.2, 0) is 24.1 Å². The Labute approximate surface area is 187 Å². The molecular formula is C28H48O2. The van der Waals surface area contributed by atoms with E-state index in [4.69, 9.17) is 4.74 Å². The molecule has 0 fully saturated rings. The van der Waals surface area contributed by atoms with E-state index in [-0.39, 0.29) is 5.97 Å². The highest BCUT2D eigenvalue weighted by Gasteiger charge is 2.16. The number of aryl methyl sites for hydroxylation is 3. The average Bonchev–Trinajstić information content (AvgIpc) is 2.73. The van der Waals surface area contributed by atoms with Gasteiger partial charge in [-0.2, -0.15) is 0 Å². The zero-order valence-electron chi connectivity index (χ0n) is 20.5. The molecule has 0 amide bonds. The predicted octanol–water partition coefficient (Wildman–Crippen LogP) is 8.76. The molecule has 1 rings (SSSR count). The Hall–Kier alpha value is -1.31. The van der Waals surface area contributed by atoms with Crippen LogP contribution in [0.1, 0.15) is 134 Å². The Morgan fingerprint density at radius 3 is 1.53 bits per heavy atom. The van der Waals surface area contributed by atoms with Gasteiger partial charge in [0.05, 0.1) is 0 Å². The van der Waals surface area contributed by atoms with E-state index < -0.39 is 0 Å². The number of hydrogen-bond acceptors (Lipinski definition) is 2. The van der Waals surface area contributed by atoms with E-state index >= 15 is 0 Å². The molecule has 1 aromatic rings. The van der Waals surface area contributed by atoms with Crippen molar-refractivity contribution in [2.75, 3.05) is 0 Å². The van der Waals surface area contributed by atoms with Gasteiger partial charge in [-0.3, -0.25) is 4.79 Å². The molecule has 0 spiro atoms. The summed E-state index contributed by atoms with van der Waals surface area (Å²) in [5.74, 6) is 0.830. The fourth-order valence-electron chi connectivity index (χ4n) is 4.08. The van der Waals surface area contributed by atoms with Gasteiger partial charge in [0.25, 0.3) is 0 Å². The standard InChI is InChI=1S/C28H48O2/c1-5-9-12-15-19-24-22-25(20-16-13-10-6-2)28(30-27(29)18-8-4)26(23-24)21-17-14-11-7-3/h22-23H,5-21H2,1-4H3. The molecule has 0 saturated heterocycles. The number of unbranched alkanes of at least 4 members (excludes halogenated alkanes) is 9. The van der Waals surface area contributed by atoms with Crippen LogP contribution in [0, 0.1) is 0 Å².